The standard InChI is InChI=1S/C87H110N2O4.CH4.2CH3.4ClH.2Hf/c1-54-28-38-76(66(42-54)68-48-60(86(21,22)52-80(3,4)5)50-74(78(68)90)88-70-34-30-56(82(9,10)11)44-62(70)63-45-57(83(12,13)14)31-35-71(63)88)92(25)40-27-41-93(26)77-39-29-55(2)43-67(77)69-49-61(87(23,24)53-81(6,7)8)51-75(79(69)91)89-72-36-32-58(84(15,16)17)46-64(72)65-47-59(85(18,19)20)33-37-73(65)89;;;;;;;;;/h28-39,42-51,90-91H,25-27,40-41,52-53H2,1-24H3;1H4;2*1H3;4*1H;;/q;;2*-1;;;;;;+4/p-4. The van der Waals surface area contributed by atoms with Gasteiger partial charge in [-0.05, 0) is 214 Å². The average Bonchev–Trinajstić information content (AvgIpc) is 1.55. The molecule has 2 heterocycles. The number of phenolic OH excluding ortho intramolecular Hbond substituents is 2. The molecule has 0 spiro atoms. The monoisotopic (exact) mass is 1790 g/mol. The molecule has 102 heavy (non-hydrogen) atoms. The number of nitrogens with zero attached hydrogens (tertiary/aromatic N) is 2. The fourth-order valence-corrected chi connectivity index (χ4v) is 14.9. The summed E-state index contributed by atoms with van der Waals surface area (Å²) in [5.41, 5.74) is 17.9. The molecule has 8 aromatic carbocycles. The number of hydrogen-bond acceptors (Lipinski definition) is 2. The van der Waals surface area contributed by atoms with Crippen LogP contribution in [-0.4, -0.2) is 32.6 Å². The molecule has 552 valence electrons. The van der Waals surface area contributed by atoms with Crippen LogP contribution >= 0.6 is 34.3 Å². The minimum absolute atomic E-state index is 0. The van der Waals surface area contributed by atoms with Crippen LogP contribution in [0.15, 0.2) is 133 Å². The Morgan fingerprint density at radius 3 is 0.863 bits per heavy atom. The maximum Gasteiger partial charge on any atom is 0 e. The molecule has 2 N–H and O–H groups in total. The van der Waals surface area contributed by atoms with Crippen molar-refractivity contribution in [3.05, 3.63) is 207 Å². The molecule has 12 heteroatoms. The molecule has 10 aromatic rings. The molecule has 0 aliphatic carbocycles. The van der Waals surface area contributed by atoms with E-state index in [0.717, 1.165) is 102 Å². The summed E-state index contributed by atoms with van der Waals surface area (Å²) >= 11 is -3.39. The first-order valence-electron chi connectivity index (χ1n) is 34.8. The molecule has 0 radical (unpaired) electrons. The zero-order chi connectivity index (χ0) is 72.9. The summed E-state index contributed by atoms with van der Waals surface area (Å²) in [4.78, 5) is 0. The SMILES string of the molecule is C.[CH2-][O+](CCC[O+]([CH2-])c1ccc(C)cc1-c1cc(C(C)(C)CC(C)(C)C)cc(-n2c3ccc(C(C)(C)C)cc3c3cc(C(C)(C)C)ccc32)c1O)c1ccc(C)cc1-c1cc(C(C)(C)CC(C)(C)C)cc(-n2c3ccc(C(C)(C)C)cc3c3cc(C(C)(C)C)ccc32)c1O.[CH3-].[CH3-].[Cl][Hf]([Cl])([Cl])[Cl].[Hf]. The second-order valence-corrected chi connectivity index (χ2v) is 66.9. The molecule has 0 unspecified atom stereocenters. The van der Waals surface area contributed by atoms with Crippen LogP contribution in [0.25, 0.3) is 77.2 Å². The Bertz CT molecular complexity index is 4200. The number of phenols is 2. The van der Waals surface area contributed by atoms with Crippen molar-refractivity contribution >= 4 is 77.9 Å². The largest absolute Gasteiger partial charge is 0 e. The van der Waals surface area contributed by atoms with Crippen molar-refractivity contribution in [1.29, 1.82) is 0 Å². The summed E-state index contributed by atoms with van der Waals surface area (Å²) in [7, 11) is 29.6. The van der Waals surface area contributed by atoms with Crippen molar-refractivity contribution in [3.63, 3.8) is 0 Å². The van der Waals surface area contributed by atoms with E-state index in [1.165, 1.54) is 43.8 Å². The molecular weight excluding hydrogens is 1670 g/mol. The number of aryl methyl sites for hydroxylation is 2. The summed E-state index contributed by atoms with van der Waals surface area (Å²) in [6.45, 7) is 55.8. The van der Waals surface area contributed by atoms with Crippen molar-refractivity contribution < 1.29 is 60.0 Å². The summed E-state index contributed by atoms with van der Waals surface area (Å²) in [6, 6.07) is 49.5. The van der Waals surface area contributed by atoms with Gasteiger partial charge in [0.15, 0.2) is 13.2 Å². The van der Waals surface area contributed by atoms with Gasteiger partial charge in [-0.2, -0.15) is 0 Å². The molecule has 2 aromatic heterocycles. The fourth-order valence-electron chi connectivity index (χ4n) is 14.9. The molecule has 0 atom stereocenters. The number of aromatic nitrogens is 2. The Labute approximate surface area is 654 Å². The molecule has 0 aliphatic rings. The first-order valence-corrected chi connectivity index (χ1v) is 52.6. The third kappa shape index (κ3) is 19.8. The number of aromatic hydroxyl groups is 2. The van der Waals surface area contributed by atoms with Gasteiger partial charge in [0.1, 0.15) is 17.9 Å². The number of rotatable bonds is 14. The zero-order valence-electron chi connectivity index (χ0n) is 65.8. The van der Waals surface area contributed by atoms with E-state index in [4.69, 9.17) is 34.3 Å². The van der Waals surface area contributed by atoms with Crippen LogP contribution in [0.5, 0.6) is 23.0 Å². The summed E-state index contributed by atoms with van der Waals surface area (Å²) in [5, 5.41) is 31.3. The maximum absolute atomic E-state index is 13.3. The van der Waals surface area contributed by atoms with Crippen LogP contribution in [0, 0.1) is 53.8 Å². The molecule has 0 amide bonds. The van der Waals surface area contributed by atoms with E-state index in [9.17, 15) is 10.2 Å². The Morgan fingerprint density at radius 1 is 0.373 bits per heavy atom. The van der Waals surface area contributed by atoms with Gasteiger partial charge in [-0.1, -0.05) is 196 Å². The third-order valence-corrected chi connectivity index (χ3v) is 19.4. The Hall–Kier alpha value is -4.54. The third-order valence-electron chi connectivity index (χ3n) is 19.4. The fraction of sp³-hybridized carbons (Fsp3) is 0.422. The molecule has 0 aliphatic heterocycles. The van der Waals surface area contributed by atoms with Crippen LogP contribution in [0.2, 0.25) is 0 Å². The topological polar surface area (TPSA) is 55.7 Å². The average molecular weight is 1790 g/mol. The number of halogens is 4. The van der Waals surface area contributed by atoms with E-state index in [1.807, 2.05) is 0 Å². The molecule has 10 rings (SSSR count). The number of fused-ring (bicyclic) bond motifs is 6. The van der Waals surface area contributed by atoms with Gasteiger partial charge in [0, 0.05) is 70.6 Å². The van der Waals surface area contributed by atoms with Crippen LogP contribution in [0.3, 0.4) is 0 Å². The van der Waals surface area contributed by atoms with Crippen LogP contribution in [0.1, 0.15) is 224 Å². The van der Waals surface area contributed by atoms with Gasteiger partial charge in [-0.25, -0.2) is 0 Å². The summed E-state index contributed by atoms with van der Waals surface area (Å²) < 4.78 is 11.0. The van der Waals surface area contributed by atoms with E-state index in [-0.39, 0.29) is 103 Å². The molecule has 0 saturated heterocycles. The Balaban J connectivity index is 0.00000201. The van der Waals surface area contributed by atoms with E-state index in [0.29, 0.717) is 19.6 Å². The van der Waals surface area contributed by atoms with Crippen molar-refractivity contribution in [2.75, 3.05) is 13.2 Å². The van der Waals surface area contributed by atoms with Gasteiger partial charge >= 0.3 is 49.5 Å². The van der Waals surface area contributed by atoms with E-state index in [1.54, 1.807) is 0 Å². The van der Waals surface area contributed by atoms with Crippen molar-refractivity contribution in [1.82, 2.24) is 9.13 Å². The second kappa shape index (κ2) is 31.7. The van der Waals surface area contributed by atoms with Gasteiger partial charge in [0.05, 0.1) is 44.6 Å². The maximum atomic E-state index is 13.3. The molecule has 0 fully saturated rings. The minimum Gasteiger partial charge on any atom is 0 e. The van der Waals surface area contributed by atoms with Gasteiger partial charge < -0.3 is 42.9 Å². The number of hydrogen-bond donors (Lipinski definition) is 2. The molecular formula is C90H120Cl4Hf2N2O4-2. The summed E-state index contributed by atoms with van der Waals surface area (Å²) in [5.74, 6) is 2.13. The Morgan fingerprint density at radius 2 is 0.627 bits per heavy atom. The minimum atomic E-state index is -3.39. The van der Waals surface area contributed by atoms with Crippen LogP contribution in [-0.2, 0) is 82.3 Å². The van der Waals surface area contributed by atoms with E-state index < -0.39 is 15.2 Å². The second-order valence-electron chi connectivity index (χ2n) is 35.8. The predicted molar refractivity (Wildman–Crippen MR) is 443 cm³/mol. The van der Waals surface area contributed by atoms with Gasteiger partial charge in [-0.3, -0.25) is 0 Å². The smallest absolute Gasteiger partial charge is 0 e. The van der Waals surface area contributed by atoms with Gasteiger partial charge in [0.2, 0.25) is 11.5 Å². The van der Waals surface area contributed by atoms with Crippen molar-refractivity contribution in [2.24, 2.45) is 10.8 Å². The van der Waals surface area contributed by atoms with E-state index >= 15 is 0 Å². The first-order chi connectivity index (χ1) is 44.8. The quantitative estimate of drug-likeness (QED) is 0.0648. The van der Waals surface area contributed by atoms with Crippen LogP contribution in [0.4, 0.5) is 0 Å². The van der Waals surface area contributed by atoms with Gasteiger partial charge in [-0.15, -0.1) is 0 Å². The molecule has 0 saturated carbocycles. The summed E-state index contributed by atoms with van der Waals surface area (Å²) in [6.07, 6.45) is 2.51. The van der Waals surface area contributed by atoms with Gasteiger partial charge in [0.25, 0.3) is 0 Å². The van der Waals surface area contributed by atoms with Crippen molar-refractivity contribution in [3.8, 4) is 56.6 Å². The van der Waals surface area contributed by atoms with E-state index in [2.05, 4.69) is 332 Å². The molecule has 6 nitrogen and oxygen atoms in total. The zero-order valence-corrected chi connectivity index (χ0v) is 76.0. The Kier molecular flexibility index (Phi) is 27.4. The normalized spacial score (nSPS) is 12.8. The molecule has 0 bridgehead atoms. The van der Waals surface area contributed by atoms with Crippen LogP contribution < -0.4 is 0 Å². The van der Waals surface area contributed by atoms with Crippen molar-refractivity contribution in [2.45, 2.75) is 225 Å². The number of benzene rings is 8. The predicted octanol–water partition coefficient (Wildman–Crippen LogP) is 29.4. The first kappa shape index (κ1) is 88.1.